The zero-order valence-corrected chi connectivity index (χ0v) is 13.4. The number of anilines is 2. The van der Waals surface area contributed by atoms with Crippen molar-refractivity contribution in [1.29, 1.82) is 0 Å². The molecule has 0 fully saturated rings. The average molecular weight is 310 g/mol. The predicted molar refractivity (Wildman–Crippen MR) is 92.4 cm³/mol. The summed E-state index contributed by atoms with van der Waals surface area (Å²) in [6, 6.07) is 17.8. The molecule has 3 rings (SSSR count). The Bertz CT molecular complexity index is 687. The molecule has 0 radical (unpaired) electrons. The molecule has 2 N–H and O–H groups in total. The Morgan fingerprint density at radius 1 is 1.13 bits per heavy atom. The SMILES string of the molecule is CC(=O)N1c2ccccc2C(Nc2ccccc2)C(C)C1CO. The summed E-state index contributed by atoms with van der Waals surface area (Å²) in [6.07, 6.45) is 0. The molecule has 2 aromatic carbocycles. The molecule has 0 spiro atoms. The Morgan fingerprint density at radius 3 is 2.43 bits per heavy atom. The number of aliphatic hydroxyl groups excluding tert-OH is 1. The minimum absolute atomic E-state index is 0.0403. The summed E-state index contributed by atoms with van der Waals surface area (Å²) in [5, 5.41) is 13.4. The number of benzene rings is 2. The molecule has 1 aliphatic heterocycles. The lowest BCUT2D eigenvalue weighted by Crippen LogP contribution is -2.51. The first-order chi connectivity index (χ1) is 11.1. The van der Waals surface area contributed by atoms with Crippen LogP contribution in [0.25, 0.3) is 0 Å². The third-order valence-electron chi connectivity index (χ3n) is 4.62. The van der Waals surface area contributed by atoms with Crippen LogP contribution < -0.4 is 10.2 Å². The molecule has 0 aliphatic carbocycles. The molecule has 0 bridgehead atoms. The topological polar surface area (TPSA) is 52.6 Å². The molecule has 3 atom stereocenters. The maximum Gasteiger partial charge on any atom is 0.224 e. The van der Waals surface area contributed by atoms with Crippen molar-refractivity contribution in [3.8, 4) is 0 Å². The summed E-state index contributed by atoms with van der Waals surface area (Å²) < 4.78 is 0. The van der Waals surface area contributed by atoms with Crippen LogP contribution in [0.15, 0.2) is 54.6 Å². The van der Waals surface area contributed by atoms with E-state index in [1.165, 1.54) is 0 Å². The van der Waals surface area contributed by atoms with E-state index in [4.69, 9.17) is 0 Å². The highest BCUT2D eigenvalue weighted by Crippen LogP contribution is 2.42. The molecular weight excluding hydrogens is 288 g/mol. The number of rotatable bonds is 3. The van der Waals surface area contributed by atoms with Gasteiger partial charge in [-0.3, -0.25) is 4.79 Å². The summed E-state index contributed by atoms with van der Waals surface area (Å²) in [6.45, 7) is 3.58. The maximum absolute atomic E-state index is 12.1. The fourth-order valence-corrected chi connectivity index (χ4v) is 3.46. The summed E-state index contributed by atoms with van der Waals surface area (Å²) in [4.78, 5) is 13.9. The minimum Gasteiger partial charge on any atom is -0.394 e. The van der Waals surface area contributed by atoms with Gasteiger partial charge in [0.2, 0.25) is 5.91 Å². The number of nitrogens with zero attached hydrogens (tertiary/aromatic N) is 1. The highest BCUT2D eigenvalue weighted by Gasteiger charge is 2.39. The van der Waals surface area contributed by atoms with Crippen molar-refractivity contribution in [3.05, 3.63) is 60.2 Å². The lowest BCUT2D eigenvalue weighted by atomic mass is 9.82. The number of hydrogen-bond donors (Lipinski definition) is 2. The zero-order chi connectivity index (χ0) is 16.4. The second-order valence-corrected chi connectivity index (χ2v) is 6.04. The van der Waals surface area contributed by atoms with E-state index in [1.807, 2.05) is 48.5 Å². The third-order valence-corrected chi connectivity index (χ3v) is 4.62. The minimum atomic E-state index is -0.233. The summed E-state index contributed by atoms with van der Waals surface area (Å²) in [7, 11) is 0. The van der Waals surface area contributed by atoms with E-state index in [0.717, 1.165) is 16.9 Å². The van der Waals surface area contributed by atoms with Crippen LogP contribution in [0.4, 0.5) is 11.4 Å². The first-order valence-electron chi connectivity index (χ1n) is 7.94. The molecule has 2 aromatic rings. The fourth-order valence-electron chi connectivity index (χ4n) is 3.46. The van der Waals surface area contributed by atoms with Crippen molar-refractivity contribution in [2.75, 3.05) is 16.8 Å². The lowest BCUT2D eigenvalue weighted by molar-refractivity contribution is -0.117. The normalized spacial score (nSPS) is 23.3. The molecule has 3 unspecified atom stereocenters. The molecule has 1 heterocycles. The molecule has 120 valence electrons. The highest BCUT2D eigenvalue weighted by molar-refractivity contribution is 5.94. The van der Waals surface area contributed by atoms with Crippen LogP contribution in [0.3, 0.4) is 0 Å². The van der Waals surface area contributed by atoms with Crippen molar-refractivity contribution in [2.24, 2.45) is 5.92 Å². The maximum atomic E-state index is 12.1. The van der Waals surface area contributed by atoms with E-state index >= 15 is 0 Å². The van der Waals surface area contributed by atoms with Crippen LogP contribution in [-0.2, 0) is 4.79 Å². The Kier molecular flexibility index (Phi) is 4.35. The van der Waals surface area contributed by atoms with Crippen molar-refractivity contribution in [2.45, 2.75) is 25.9 Å². The summed E-state index contributed by atoms with van der Waals surface area (Å²) in [5.41, 5.74) is 3.00. The fraction of sp³-hybridized carbons (Fsp3) is 0.316. The van der Waals surface area contributed by atoms with Crippen LogP contribution in [0.1, 0.15) is 25.5 Å². The number of hydrogen-bond acceptors (Lipinski definition) is 3. The van der Waals surface area contributed by atoms with Gasteiger partial charge in [0.05, 0.1) is 18.7 Å². The van der Waals surface area contributed by atoms with Gasteiger partial charge >= 0.3 is 0 Å². The molecule has 0 saturated heterocycles. The Balaban J connectivity index is 2.05. The van der Waals surface area contributed by atoms with Crippen LogP contribution in [0, 0.1) is 5.92 Å². The largest absolute Gasteiger partial charge is 0.394 e. The number of nitrogens with one attached hydrogen (secondary N) is 1. The third kappa shape index (κ3) is 2.82. The summed E-state index contributed by atoms with van der Waals surface area (Å²) in [5.74, 6) is 0.0421. The van der Waals surface area contributed by atoms with Gasteiger partial charge in [-0.1, -0.05) is 43.3 Å². The van der Waals surface area contributed by atoms with E-state index < -0.39 is 0 Å². The quantitative estimate of drug-likeness (QED) is 0.915. The molecule has 0 aromatic heterocycles. The van der Waals surface area contributed by atoms with Gasteiger partial charge in [0.1, 0.15) is 0 Å². The molecule has 0 saturated carbocycles. The van der Waals surface area contributed by atoms with Crippen LogP contribution in [0.2, 0.25) is 0 Å². The first kappa shape index (κ1) is 15.6. The molecule has 4 nitrogen and oxygen atoms in total. The van der Waals surface area contributed by atoms with Gasteiger partial charge in [-0.05, 0) is 23.8 Å². The zero-order valence-electron chi connectivity index (χ0n) is 13.4. The molecule has 1 amide bonds. The van der Waals surface area contributed by atoms with Gasteiger partial charge in [0, 0.05) is 24.2 Å². The van der Waals surface area contributed by atoms with Gasteiger partial charge in [-0.2, -0.15) is 0 Å². The second kappa shape index (κ2) is 6.42. The standard InChI is InChI=1S/C19H22N2O2/c1-13-18(12-22)21(14(2)23)17-11-7-6-10-16(17)19(13)20-15-8-4-3-5-9-15/h3-11,13,18-20,22H,12H2,1-2H3. The number of carbonyl (C=O) groups is 1. The van der Waals surface area contributed by atoms with Gasteiger partial charge in [0.25, 0.3) is 0 Å². The number of carbonyl (C=O) groups excluding carboxylic acids is 1. The van der Waals surface area contributed by atoms with Crippen molar-refractivity contribution < 1.29 is 9.90 Å². The Hall–Kier alpha value is -2.33. The van der Waals surface area contributed by atoms with Crippen LogP contribution >= 0.6 is 0 Å². The van der Waals surface area contributed by atoms with E-state index in [0.29, 0.717) is 0 Å². The van der Waals surface area contributed by atoms with Crippen LogP contribution in [0.5, 0.6) is 0 Å². The van der Waals surface area contributed by atoms with Crippen molar-refractivity contribution in [3.63, 3.8) is 0 Å². The van der Waals surface area contributed by atoms with Gasteiger partial charge < -0.3 is 15.3 Å². The Labute approximate surface area is 136 Å². The van der Waals surface area contributed by atoms with Gasteiger partial charge in [-0.15, -0.1) is 0 Å². The molecular formula is C19H22N2O2. The highest BCUT2D eigenvalue weighted by atomic mass is 16.3. The number of para-hydroxylation sites is 2. The number of amides is 1. The number of aliphatic hydroxyl groups is 1. The lowest BCUT2D eigenvalue weighted by Gasteiger charge is -2.44. The number of fused-ring (bicyclic) bond motifs is 1. The molecule has 4 heteroatoms. The monoisotopic (exact) mass is 310 g/mol. The van der Waals surface area contributed by atoms with Crippen molar-refractivity contribution in [1.82, 2.24) is 0 Å². The Morgan fingerprint density at radius 2 is 1.78 bits per heavy atom. The molecule has 23 heavy (non-hydrogen) atoms. The van der Waals surface area contributed by atoms with E-state index in [-0.39, 0.29) is 30.5 Å². The molecule has 1 aliphatic rings. The van der Waals surface area contributed by atoms with E-state index in [1.54, 1.807) is 11.8 Å². The predicted octanol–water partition coefficient (Wildman–Crippen LogP) is 3.20. The average Bonchev–Trinajstić information content (AvgIpc) is 2.57. The second-order valence-electron chi connectivity index (χ2n) is 6.04. The van der Waals surface area contributed by atoms with E-state index in [2.05, 4.69) is 18.3 Å². The van der Waals surface area contributed by atoms with E-state index in [9.17, 15) is 9.90 Å². The smallest absolute Gasteiger partial charge is 0.224 e. The van der Waals surface area contributed by atoms with Crippen LogP contribution in [-0.4, -0.2) is 23.7 Å². The summed E-state index contributed by atoms with van der Waals surface area (Å²) >= 11 is 0. The van der Waals surface area contributed by atoms with Crippen molar-refractivity contribution >= 4 is 17.3 Å². The van der Waals surface area contributed by atoms with Gasteiger partial charge in [0.15, 0.2) is 0 Å². The van der Waals surface area contributed by atoms with Gasteiger partial charge in [-0.25, -0.2) is 0 Å². The first-order valence-corrected chi connectivity index (χ1v) is 7.94.